The van der Waals surface area contributed by atoms with Crippen LogP contribution in [0.3, 0.4) is 0 Å². The van der Waals surface area contributed by atoms with Gasteiger partial charge in [-0.05, 0) is 89.5 Å². The molecule has 0 aromatic carbocycles. The zero-order valence-electron chi connectivity index (χ0n) is 20.3. The van der Waals surface area contributed by atoms with Gasteiger partial charge in [0.25, 0.3) is 0 Å². The van der Waals surface area contributed by atoms with Gasteiger partial charge in [0.1, 0.15) is 0 Å². The molecule has 0 aromatic rings. The second-order valence-corrected chi connectivity index (χ2v) is 26.1. The van der Waals surface area contributed by atoms with Gasteiger partial charge in [0, 0.05) is 12.8 Å². The first-order chi connectivity index (χ1) is 12.8. The van der Waals surface area contributed by atoms with Crippen molar-refractivity contribution in [3.63, 3.8) is 0 Å². The van der Waals surface area contributed by atoms with E-state index in [0.29, 0.717) is 24.0 Å². The maximum absolute atomic E-state index is 11.9. The van der Waals surface area contributed by atoms with Crippen molar-refractivity contribution >= 4 is 45.3 Å². The minimum atomic E-state index is -2.43. The van der Waals surface area contributed by atoms with Crippen LogP contribution in [-0.4, -0.2) is 45.3 Å². The van der Waals surface area contributed by atoms with Crippen molar-refractivity contribution in [1.29, 1.82) is 0 Å². The fourth-order valence-corrected chi connectivity index (χ4v) is 22.3. The van der Waals surface area contributed by atoms with Crippen LogP contribution < -0.4 is 0 Å². The summed E-state index contributed by atoms with van der Waals surface area (Å²) in [6, 6.07) is 1.51. The molecule has 0 rings (SSSR count). The molecular formula is C24H58O5Si4. The van der Waals surface area contributed by atoms with Gasteiger partial charge in [0.15, 0.2) is 28.2 Å². The van der Waals surface area contributed by atoms with Gasteiger partial charge in [0.2, 0.25) is 0 Å². The van der Waals surface area contributed by atoms with Crippen LogP contribution in [0.4, 0.5) is 0 Å². The summed E-state index contributed by atoms with van der Waals surface area (Å²) in [7, 11) is -8.96. The fraction of sp³-hybridized carbons (Fsp3) is 0.750. The van der Waals surface area contributed by atoms with E-state index in [4.69, 9.17) is 12.3 Å². The SMILES string of the molecule is C.C.C.C.C=C(C)C(=O)CC[Si](C)(C)O[Si](C)(C)O[Si](C)(C)O[Si](C)(C)CCC(=O)C(=C)C. The molecule has 0 amide bonds. The lowest BCUT2D eigenvalue weighted by Crippen LogP contribution is -2.56. The molecule has 33 heavy (non-hydrogen) atoms. The van der Waals surface area contributed by atoms with Gasteiger partial charge in [-0.1, -0.05) is 42.9 Å². The van der Waals surface area contributed by atoms with Crippen LogP contribution in [0.2, 0.25) is 64.5 Å². The van der Waals surface area contributed by atoms with Crippen LogP contribution in [0, 0.1) is 0 Å². The minimum absolute atomic E-state index is 0. The normalized spacial score (nSPS) is 11.7. The number of carbonyl (C=O) groups is 2. The Labute approximate surface area is 212 Å². The molecule has 0 aliphatic carbocycles. The molecule has 0 fully saturated rings. The number of Topliss-reactive ketones (excluding diaryl/α,β-unsaturated/α-hetero) is 2. The van der Waals surface area contributed by atoms with Crippen LogP contribution in [0.15, 0.2) is 24.3 Å². The first-order valence-corrected chi connectivity index (χ1v) is 22.1. The van der Waals surface area contributed by atoms with Gasteiger partial charge in [-0.25, -0.2) is 0 Å². The topological polar surface area (TPSA) is 61.8 Å². The van der Waals surface area contributed by atoms with Crippen molar-refractivity contribution in [2.45, 2.75) is 121 Å². The first-order valence-electron chi connectivity index (χ1n) is 10.3. The molecule has 0 unspecified atom stereocenters. The molecule has 0 aliphatic rings. The van der Waals surface area contributed by atoms with Gasteiger partial charge in [-0.2, -0.15) is 0 Å². The third-order valence-electron chi connectivity index (χ3n) is 4.40. The van der Waals surface area contributed by atoms with Crippen LogP contribution in [0.25, 0.3) is 0 Å². The lowest BCUT2D eigenvalue weighted by atomic mass is 10.2. The Bertz CT molecular complexity index is 587. The third-order valence-corrected chi connectivity index (χ3v) is 19.6. The number of hydrogen-bond donors (Lipinski definition) is 0. The van der Waals surface area contributed by atoms with E-state index in [0.717, 1.165) is 12.1 Å². The summed E-state index contributed by atoms with van der Waals surface area (Å²) in [6.45, 7) is 27.7. The van der Waals surface area contributed by atoms with Crippen molar-refractivity contribution < 1.29 is 21.9 Å². The Hall–Kier alpha value is -0.432. The summed E-state index contributed by atoms with van der Waals surface area (Å²) in [5.41, 5.74) is 1.20. The molecule has 200 valence electrons. The lowest BCUT2D eigenvalue weighted by Gasteiger charge is -2.41. The van der Waals surface area contributed by atoms with Crippen LogP contribution >= 0.6 is 0 Å². The summed E-state index contributed by atoms with van der Waals surface area (Å²) in [6.07, 6.45) is 0.958. The monoisotopic (exact) mass is 538 g/mol. The van der Waals surface area contributed by atoms with Gasteiger partial charge in [-0.15, -0.1) is 0 Å². The van der Waals surface area contributed by atoms with E-state index in [1.807, 2.05) is 0 Å². The van der Waals surface area contributed by atoms with Gasteiger partial charge in [0.05, 0.1) is 0 Å². The van der Waals surface area contributed by atoms with Gasteiger partial charge < -0.3 is 12.3 Å². The van der Waals surface area contributed by atoms with Crippen molar-refractivity contribution in [2.75, 3.05) is 0 Å². The summed E-state index contributed by atoms with van der Waals surface area (Å²) >= 11 is 0. The second kappa shape index (κ2) is 16.3. The number of rotatable bonds is 14. The molecule has 0 N–H and O–H groups in total. The standard InChI is InChI=1S/C20H42O5Si4.4CH4/c1-17(2)19(21)13-15-26(5,6)23-28(9,10)25-29(11,12)24-27(7,8)16-14-20(22)18(3)4;;;;/h1,3,13-16H2,2,4-12H3;4*1H4. The molecular weight excluding hydrogens is 481 g/mol. The molecule has 0 saturated heterocycles. The minimum Gasteiger partial charge on any atom is -0.436 e. The van der Waals surface area contributed by atoms with Gasteiger partial charge in [-0.3, -0.25) is 9.59 Å². The van der Waals surface area contributed by atoms with Crippen LogP contribution in [-0.2, 0) is 21.9 Å². The summed E-state index contributed by atoms with van der Waals surface area (Å²) in [4.78, 5) is 23.8. The number of ketones is 2. The van der Waals surface area contributed by atoms with E-state index in [9.17, 15) is 9.59 Å². The highest BCUT2D eigenvalue weighted by atomic mass is 28.5. The quantitative estimate of drug-likeness (QED) is 0.164. The molecule has 5 nitrogen and oxygen atoms in total. The Kier molecular flexibility index (Phi) is 21.1. The molecule has 0 bridgehead atoms. The molecule has 9 heteroatoms. The molecule has 0 spiro atoms. The smallest absolute Gasteiger partial charge is 0.312 e. The highest BCUT2D eigenvalue weighted by Crippen LogP contribution is 2.28. The van der Waals surface area contributed by atoms with Gasteiger partial charge >= 0.3 is 17.1 Å². The predicted octanol–water partition coefficient (Wildman–Crippen LogP) is 8.47. The Morgan fingerprint density at radius 1 is 0.576 bits per heavy atom. The second-order valence-electron chi connectivity index (χ2n) is 10.0. The summed E-state index contributed by atoms with van der Waals surface area (Å²) in [5, 5.41) is 0. The van der Waals surface area contributed by atoms with Crippen LogP contribution in [0.5, 0.6) is 0 Å². The Morgan fingerprint density at radius 2 is 0.818 bits per heavy atom. The zero-order valence-corrected chi connectivity index (χ0v) is 24.3. The predicted molar refractivity (Wildman–Crippen MR) is 159 cm³/mol. The van der Waals surface area contributed by atoms with E-state index in [1.54, 1.807) is 13.8 Å². The zero-order chi connectivity index (χ0) is 23.3. The average molecular weight is 539 g/mol. The molecule has 0 saturated carbocycles. The maximum atomic E-state index is 11.9. The number of hydrogen-bond acceptors (Lipinski definition) is 5. The largest absolute Gasteiger partial charge is 0.436 e. The van der Waals surface area contributed by atoms with Crippen molar-refractivity contribution in [3.05, 3.63) is 24.3 Å². The molecule has 0 heterocycles. The Balaban J connectivity index is -0.000000653. The average Bonchev–Trinajstić information content (AvgIpc) is 2.46. The first kappa shape index (κ1) is 42.7. The van der Waals surface area contributed by atoms with Crippen molar-refractivity contribution in [1.82, 2.24) is 0 Å². The maximum Gasteiger partial charge on any atom is 0.312 e. The third kappa shape index (κ3) is 19.6. The lowest BCUT2D eigenvalue weighted by molar-refractivity contribution is -0.116. The summed E-state index contributed by atoms with van der Waals surface area (Å²) < 4.78 is 19.5. The number of allylic oxidation sites excluding steroid dienone is 2. The highest BCUT2D eigenvalue weighted by Gasteiger charge is 2.43. The van der Waals surface area contributed by atoms with E-state index in [1.165, 1.54) is 0 Å². The number of carbonyl (C=O) groups excluding carboxylic acids is 2. The van der Waals surface area contributed by atoms with Crippen molar-refractivity contribution in [2.24, 2.45) is 0 Å². The van der Waals surface area contributed by atoms with E-state index < -0.39 is 33.8 Å². The molecule has 0 aliphatic heterocycles. The highest BCUT2D eigenvalue weighted by molar-refractivity contribution is 6.89. The van der Waals surface area contributed by atoms with E-state index in [-0.39, 0.29) is 41.3 Å². The Morgan fingerprint density at radius 3 is 1.03 bits per heavy atom. The van der Waals surface area contributed by atoms with Crippen molar-refractivity contribution in [3.8, 4) is 0 Å². The fourth-order valence-electron chi connectivity index (χ4n) is 3.32. The summed E-state index contributed by atoms with van der Waals surface area (Å²) in [5.74, 6) is 0.203. The van der Waals surface area contributed by atoms with E-state index >= 15 is 0 Å². The molecule has 0 aromatic heterocycles. The molecule has 0 radical (unpaired) electrons. The van der Waals surface area contributed by atoms with Crippen LogP contribution in [0.1, 0.15) is 56.4 Å². The van der Waals surface area contributed by atoms with E-state index in [2.05, 4.69) is 65.5 Å². The molecule has 0 atom stereocenters.